The third-order valence-corrected chi connectivity index (χ3v) is 5.40. The van der Waals surface area contributed by atoms with Gasteiger partial charge < -0.3 is 25.0 Å². The fourth-order valence-electron chi connectivity index (χ4n) is 2.86. The molecule has 0 unspecified atom stereocenters. The van der Waals surface area contributed by atoms with Gasteiger partial charge in [-0.3, -0.25) is 9.59 Å². The summed E-state index contributed by atoms with van der Waals surface area (Å²) in [5.74, 6) is 0.214. The van der Waals surface area contributed by atoms with Gasteiger partial charge in [0.15, 0.2) is 5.16 Å². The summed E-state index contributed by atoms with van der Waals surface area (Å²) in [7, 11) is 1.54. The zero-order chi connectivity index (χ0) is 22.1. The number of ether oxygens (including phenoxy) is 1. The SMILES string of the molecule is COc1ccccc1NC(=O)CSc1ncc(CO)n1CC(=O)NCc1ccccc1. The normalized spacial score (nSPS) is 10.5. The van der Waals surface area contributed by atoms with Crippen LogP contribution in [0.4, 0.5) is 5.69 Å². The molecule has 0 fully saturated rings. The number of anilines is 1. The number of benzene rings is 2. The van der Waals surface area contributed by atoms with Crippen LogP contribution in [0.15, 0.2) is 66.0 Å². The Morgan fingerprint density at radius 1 is 1.10 bits per heavy atom. The van der Waals surface area contributed by atoms with E-state index in [0.29, 0.717) is 28.8 Å². The monoisotopic (exact) mass is 440 g/mol. The van der Waals surface area contributed by atoms with Gasteiger partial charge in [0.2, 0.25) is 11.8 Å². The first-order valence-electron chi connectivity index (χ1n) is 9.62. The second-order valence-electron chi connectivity index (χ2n) is 6.58. The maximum absolute atomic E-state index is 12.4. The van der Waals surface area contributed by atoms with Crippen molar-refractivity contribution in [1.82, 2.24) is 14.9 Å². The van der Waals surface area contributed by atoms with Crippen LogP contribution < -0.4 is 15.4 Å². The summed E-state index contributed by atoms with van der Waals surface area (Å²) in [6.45, 7) is 0.152. The van der Waals surface area contributed by atoms with Gasteiger partial charge in [-0.2, -0.15) is 0 Å². The van der Waals surface area contributed by atoms with Gasteiger partial charge in [-0.05, 0) is 17.7 Å². The lowest BCUT2D eigenvalue weighted by atomic mass is 10.2. The molecule has 1 heterocycles. The Labute approximate surface area is 184 Å². The molecule has 0 aliphatic heterocycles. The van der Waals surface area contributed by atoms with E-state index >= 15 is 0 Å². The average molecular weight is 441 g/mol. The van der Waals surface area contributed by atoms with E-state index in [-0.39, 0.29) is 30.7 Å². The van der Waals surface area contributed by atoms with Gasteiger partial charge in [0.1, 0.15) is 12.3 Å². The lowest BCUT2D eigenvalue weighted by Gasteiger charge is -2.12. The van der Waals surface area contributed by atoms with Crippen LogP contribution in [0.2, 0.25) is 0 Å². The number of nitrogens with zero attached hydrogens (tertiary/aromatic N) is 2. The molecule has 3 N–H and O–H groups in total. The quantitative estimate of drug-likeness (QED) is 0.418. The number of amides is 2. The standard InChI is InChI=1S/C22H24N4O4S/c1-30-19-10-6-5-9-18(19)25-21(29)15-31-22-24-12-17(14-27)26(22)13-20(28)23-11-16-7-3-2-4-8-16/h2-10,12,27H,11,13-15H2,1H3,(H,23,28)(H,25,29). The van der Waals surface area contributed by atoms with Crippen molar-refractivity contribution < 1.29 is 19.4 Å². The summed E-state index contributed by atoms with van der Waals surface area (Å²) < 4.78 is 6.85. The number of thioether (sulfide) groups is 1. The second kappa shape index (κ2) is 11.2. The van der Waals surface area contributed by atoms with E-state index in [9.17, 15) is 14.7 Å². The predicted molar refractivity (Wildman–Crippen MR) is 119 cm³/mol. The molecule has 0 atom stereocenters. The maximum atomic E-state index is 12.4. The van der Waals surface area contributed by atoms with Crippen molar-refractivity contribution >= 4 is 29.3 Å². The van der Waals surface area contributed by atoms with E-state index in [1.165, 1.54) is 25.1 Å². The first-order chi connectivity index (χ1) is 15.1. The highest BCUT2D eigenvalue weighted by atomic mass is 32.2. The number of carbonyl (C=O) groups excluding carboxylic acids is 2. The molecule has 3 rings (SSSR count). The zero-order valence-corrected chi connectivity index (χ0v) is 17.9. The molecule has 9 heteroatoms. The topological polar surface area (TPSA) is 105 Å². The van der Waals surface area contributed by atoms with Gasteiger partial charge in [0.25, 0.3) is 0 Å². The Morgan fingerprint density at radius 2 is 1.84 bits per heavy atom. The second-order valence-corrected chi connectivity index (χ2v) is 7.52. The van der Waals surface area contributed by atoms with Crippen molar-refractivity contribution in [3.05, 3.63) is 72.1 Å². The highest BCUT2D eigenvalue weighted by Crippen LogP contribution is 2.24. The van der Waals surface area contributed by atoms with Crippen LogP contribution in [0.5, 0.6) is 5.75 Å². The molecule has 162 valence electrons. The van der Waals surface area contributed by atoms with Crippen LogP contribution in [0, 0.1) is 0 Å². The van der Waals surface area contributed by atoms with Gasteiger partial charge in [0, 0.05) is 6.54 Å². The Balaban J connectivity index is 1.58. The molecule has 2 amide bonds. The van der Waals surface area contributed by atoms with Crippen molar-refractivity contribution in [2.75, 3.05) is 18.2 Å². The molecule has 31 heavy (non-hydrogen) atoms. The molecule has 0 aliphatic carbocycles. The summed E-state index contributed by atoms with van der Waals surface area (Å²) in [6.07, 6.45) is 1.50. The molecule has 0 saturated heterocycles. The van der Waals surface area contributed by atoms with Crippen molar-refractivity contribution in [3.8, 4) is 5.75 Å². The Bertz CT molecular complexity index is 1020. The predicted octanol–water partition coefficient (Wildman–Crippen LogP) is 2.43. The number of aliphatic hydroxyl groups is 1. The first-order valence-corrected chi connectivity index (χ1v) is 10.6. The Hall–Kier alpha value is -3.30. The summed E-state index contributed by atoms with van der Waals surface area (Å²) in [4.78, 5) is 29.0. The molecule has 0 bridgehead atoms. The van der Waals surface area contributed by atoms with E-state index in [2.05, 4.69) is 15.6 Å². The number of methoxy groups -OCH3 is 1. The summed E-state index contributed by atoms with van der Waals surface area (Å²) >= 11 is 1.19. The smallest absolute Gasteiger partial charge is 0.240 e. The van der Waals surface area contributed by atoms with Crippen LogP contribution in [0.3, 0.4) is 0 Å². The molecule has 2 aromatic carbocycles. The molecule has 0 aliphatic rings. The highest BCUT2D eigenvalue weighted by Gasteiger charge is 2.15. The van der Waals surface area contributed by atoms with Gasteiger partial charge in [-0.1, -0.05) is 54.2 Å². The van der Waals surface area contributed by atoms with Crippen LogP contribution in [-0.2, 0) is 29.3 Å². The number of carbonyl (C=O) groups is 2. The van der Waals surface area contributed by atoms with Crippen molar-refractivity contribution in [2.24, 2.45) is 0 Å². The number of para-hydroxylation sites is 2. The molecule has 0 saturated carbocycles. The minimum atomic E-state index is -0.257. The Kier molecular flexibility index (Phi) is 8.08. The van der Waals surface area contributed by atoms with E-state index in [1.54, 1.807) is 22.8 Å². The largest absolute Gasteiger partial charge is 0.495 e. The fraction of sp³-hybridized carbons (Fsp3) is 0.227. The minimum absolute atomic E-state index is 0.000806. The summed E-state index contributed by atoms with van der Waals surface area (Å²) in [5, 5.41) is 15.7. The van der Waals surface area contributed by atoms with Crippen molar-refractivity contribution in [1.29, 1.82) is 0 Å². The number of aliphatic hydroxyl groups excluding tert-OH is 1. The summed E-state index contributed by atoms with van der Waals surface area (Å²) in [5.41, 5.74) is 2.07. The fourth-order valence-corrected chi connectivity index (χ4v) is 3.66. The molecule has 0 spiro atoms. The highest BCUT2D eigenvalue weighted by molar-refractivity contribution is 7.99. The van der Waals surface area contributed by atoms with Crippen LogP contribution in [-0.4, -0.2) is 39.3 Å². The molecule has 0 radical (unpaired) electrons. The zero-order valence-electron chi connectivity index (χ0n) is 17.1. The number of imidazole rings is 1. The maximum Gasteiger partial charge on any atom is 0.240 e. The Morgan fingerprint density at radius 3 is 2.58 bits per heavy atom. The lowest BCUT2D eigenvalue weighted by molar-refractivity contribution is -0.122. The molecule has 1 aromatic heterocycles. The minimum Gasteiger partial charge on any atom is -0.495 e. The van der Waals surface area contributed by atoms with E-state index in [0.717, 1.165) is 5.56 Å². The van der Waals surface area contributed by atoms with E-state index in [4.69, 9.17) is 4.74 Å². The number of aromatic nitrogens is 2. The third kappa shape index (κ3) is 6.34. The molecule has 3 aromatic rings. The van der Waals surface area contributed by atoms with Gasteiger partial charge >= 0.3 is 0 Å². The number of rotatable bonds is 10. The lowest BCUT2D eigenvalue weighted by Crippen LogP contribution is -2.28. The molecular weight excluding hydrogens is 416 g/mol. The van der Waals surface area contributed by atoms with Crippen LogP contribution in [0.1, 0.15) is 11.3 Å². The van der Waals surface area contributed by atoms with E-state index < -0.39 is 0 Å². The van der Waals surface area contributed by atoms with Crippen LogP contribution >= 0.6 is 11.8 Å². The van der Waals surface area contributed by atoms with Gasteiger partial charge in [-0.15, -0.1) is 0 Å². The average Bonchev–Trinajstić information content (AvgIpc) is 3.18. The summed E-state index contributed by atoms with van der Waals surface area (Å²) in [6, 6.07) is 16.7. The number of nitrogens with one attached hydrogen (secondary N) is 2. The van der Waals surface area contributed by atoms with Crippen molar-refractivity contribution in [3.63, 3.8) is 0 Å². The number of hydrogen-bond acceptors (Lipinski definition) is 6. The third-order valence-electron chi connectivity index (χ3n) is 4.41. The molecular formula is C22H24N4O4S. The van der Waals surface area contributed by atoms with Crippen LogP contribution in [0.25, 0.3) is 0 Å². The van der Waals surface area contributed by atoms with Gasteiger partial charge in [0.05, 0.1) is 37.0 Å². The van der Waals surface area contributed by atoms with E-state index in [1.807, 2.05) is 36.4 Å². The number of hydrogen-bond donors (Lipinski definition) is 3. The first kappa shape index (κ1) is 22.4. The molecule has 8 nitrogen and oxygen atoms in total. The van der Waals surface area contributed by atoms with Crippen molar-refractivity contribution in [2.45, 2.75) is 24.9 Å². The van der Waals surface area contributed by atoms with Gasteiger partial charge in [-0.25, -0.2) is 4.98 Å².